The molecule has 0 bridgehead atoms. The number of carbonyl (C=O) groups excluding carboxylic acids is 2. The zero-order valence-corrected chi connectivity index (χ0v) is 19.6. The number of nitrogens with zero attached hydrogens (tertiary/aromatic N) is 2. The summed E-state index contributed by atoms with van der Waals surface area (Å²) in [5, 5.41) is 16.1. The molecule has 1 amide bonds. The highest BCUT2D eigenvalue weighted by Crippen LogP contribution is 2.33. The molecule has 0 radical (unpaired) electrons. The Bertz CT molecular complexity index is 1110. The number of hydrogen-bond donors (Lipinski definition) is 3. The summed E-state index contributed by atoms with van der Waals surface area (Å²) in [4.78, 5) is 30.4. The molecule has 0 saturated carbocycles. The van der Waals surface area contributed by atoms with Crippen LogP contribution in [0.15, 0.2) is 42.6 Å². The van der Waals surface area contributed by atoms with Crippen molar-refractivity contribution in [2.75, 3.05) is 24.4 Å². The molecular weight excluding hydrogens is 420 g/mol. The monoisotopic (exact) mass is 452 g/mol. The van der Waals surface area contributed by atoms with E-state index in [9.17, 15) is 14.7 Å². The average Bonchev–Trinajstić information content (AvgIpc) is 3.05. The van der Waals surface area contributed by atoms with Gasteiger partial charge in [0.25, 0.3) is 0 Å². The van der Waals surface area contributed by atoms with Gasteiger partial charge in [0, 0.05) is 24.6 Å². The molecule has 0 aliphatic rings. The number of esters is 1. The first-order valence-corrected chi connectivity index (χ1v) is 11.2. The lowest BCUT2D eigenvalue weighted by molar-refractivity contribution is -0.115. The molecule has 3 aromatic rings. The largest absolute Gasteiger partial charge is 0.464 e. The number of rotatable bonds is 10. The zero-order valence-electron chi connectivity index (χ0n) is 19.6. The Morgan fingerprint density at radius 1 is 1.18 bits per heavy atom. The minimum atomic E-state index is -0.535. The molecule has 0 aliphatic heterocycles. The molecule has 176 valence electrons. The topological polar surface area (TPSA) is 105 Å². The number of aliphatic hydroxyl groups excluding tert-OH is 1. The van der Waals surface area contributed by atoms with E-state index in [-0.39, 0.29) is 36.6 Å². The van der Waals surface area contributed by atoms with Gasteiger partial charge in [-0.05, 0) is 30.9 Å². The SMILES string of the molecule is COC(=O)c1c(NC(=O)Cc2ccccc2)c2cc(NC(C)CCO)cnc2n1CC(C)C. The Labute approximate surface area is 194 Å². The molecule has 0 saturated heterocycles. The van der Waals surface area contributed by atoms with E-state index in [0.717, 1.165) is 11.3 Å². The molecular formula is C25H32N4O4. The quantitative estimate of drug-likeness (QED) is 0.404. The molecule has 2 aromatic heterocycles. The molecule has 8 heteroatoms. The first-order chi connectivity index (χ1) is 15.8. The highest BCUT2D eigenvalue weighted by atomic mass is 16.5. The van der Waals surface area contributed by atoms with Gasteiger partial charge in [0.15, 0.2) is 5.69 Å². The molecule has 3 N–H and O–H groups in total. The number of hydrogen-bond acceptors (Lipinski definition) is 6. The van der Waals surface area contributed by atoms with Crippen LogP contribution in [0, 0.1) is 5.92 Å². The highest BCUT2D eigenvalue weighted by Gasteiger charge is 2.26. The molecule has 3 rings (SSSR count). The number of carbonyl (C=O) groups is 2. The minimum absolute atomic E-state index is 0.0307. The van der Waals surface area contributed by atoms with Gasteiger partial charge in [-0.25, -0.2) is 9.78 Å². The predicted molar refractivity (Wildman–Crippen MR) is 129 cm³/mol. The Morgan fingerprint density at radius 2 is 1.91 bits per heavy atom. The standard InChI is InChI=1S/C25H32N4O4/c1-16(2)15-29-23(25(32)33-4)22(28-21(31)12-18-8-6-5-7-9-18)20-13-19(14-26-24(20)29)27-17(3)10-11-30/h5-9,13-14,16-17,27,30H,10-12,15H2,1-4H3,(H,28,31). The third-order valence-electron chi connectivity index (χ3n) is 5.27. The van der Waals surface area contributed by atoms with Crippen LogP contribution >= 0.6 is 0 Å². The van der Waals surface area contributed by atoms with E-state index in [0.29, 0.717) is 29.7 Å². The van der Waals surface area contributed by atoms with Gasteiger partial charge in [0.1, 0.15) is 5.65 Å². The van der Waals surface area contributed by atoms with Crippen LogP contribution in [0.1, 0.15) is 43.2 Å². The molecule has 0 aliphatic carbocycles. The van der Waals surface area contributed by atoms with Crippen LogP contribution in [0.3, 0.4) is 0 Å². The Hall–Kier alpha value is -3.39. The summed E-state index contributed by atoms with van der Waals surface area (Å²) in [6.45, 7) is 6.67. The molecule has 1 atom stereocenters. The van der Waals surface area contributed by atoms with E-state index in [4.69, 9.17) is 4.74 Å². The number of amides is 1. The smallest absolute Gasteiger partial charge is 0.356 e. The van der Waals surface area contributed by atoms with Crippen LogP contribution in [0.2, 0.25) is 0 Å². The van der Waals surface area contributed by atoms with Crippen molar-refractivity contribution >= 4 is 34.3 Å². The average molecular weight is 453 g/mol. The summed E-state index contributed by atoms with van der Waals surface area (Å²) in [5.41, 5.74) is 2.87. The Morgan fingerprint density at radius 3 is 2.55 bits per heavy atom. The van der Waals surface area contributed by atoms with E-state index in [1.165, 1.54) is 7.11 Å². The lowest BCUT2D eigenvalue weighted by atomic mass is 10.1. The van der Waals surface area contributed by atoms with Crippen molar-refractivity contribution in [3.05, 3.63) is 53.9 Å². The fourth-order valence-electron chi connectivity index (χ4n) is 3.80. The maximum atomic E-state index is 12.9. The number of ether oxygens (including phenoxy) is 1. The Balaban J connectivity index is 2.09. The maximum Gasteiger partial charge on any atom is 0.356 e. The summed E-state index contributed by atoms with van der Waals surface area (Å²) < 4.78 is 6.88. The second-order valence-corrected chi connectivity index (χ2v) is 8.58. The first-order valence-electron chi connectivity index (χ1n) is 11.2. The number of pyridine rings is 1. The molecule has 8 nitrogen and oxygen atoms in total. The fraction of sp³-hybridized carbons (Fsp3) is 0.400. The number of aliphatic hydroxyl groups is 1. The summed E-state index contributed by atoms with van der Waals surface area (Å²) in [5.74, 6) is -0.533. The van der Waals surface area contributed by atoms with Crippen molar-refractivity contribution in [1.29, 1.82) is 0 Å². The van der Waals surface area contributed by atoms with Gasteiger partial charge >= 0.3 is 5.97 Å². The van der Waals surface area contributed by atoms with Gasteiger partial charge in [0.05, 0.1) is 31.1 Å². The number of methoxy groups -OCH3 is 1. The molecule has 2 heterocycles. The molecule has 0 spiro atoms. The van der Waals surface area contributed by atoms with E-state index < -0.39 is 5.97 Å². The highest BCUT2D eigenvalue weighted by molar-refractivity contribution is 6.11. The van der Waals surface area contributed by atoms with Crippen molar-refractivity contribution in [1.82, 2.24) is 9.55 Å². The van der Waals surface area contributed by atoms with Gasteiger partial charge in [-0.1, -0.05) is 44.2 Å². The number of aromatic nitrogens is 2. The Kier molecular flexibility index (Phi) is 8.06. The number of nitrogens with one attached hydrogen (secondary N) is 2. The van der Waals surface area contributed by atoms with Gasteiger partial charge in [0.2, 0.25) is 5.91 Å². The second kappa shape index (κ2) is 11.0. The van der Waals surface area contributed by atoms with Gasteiger partial charge in [-0.15, -0.1) is 0 Å². The van der Waals surface area contributed by atoms with Crippen molar-refractivity contribution in [2.24, 2.45) is 5.92 Å². The number of benzene rings is 1. The van der Waals surface area contributed by atoms with Crippen molar-refractivity contribution < 1.29 is 19.4 Å². The molecule has 1 aromatic carbocycles. The fourth-order valence-corrected chi connectivity index (χ4v) is 3.80. The normalized spacial score (nSPS) is 12.1. The van der Waals surface area contributed by atoms with E-state index >= 15 is 0 Å². The molecule has 0 fully saturated rings. The van der Waals surface area contributed by atoms with Gasteiger partial charge < -0.3 is 25.0 Å². The van der Waals surface area contributed by atoms with Crippen LogP contribution < -0.4 is 10.6 Å². The molecule has 1 unspecified atom stereocenters. The van der Waals surface area contributed by atoms with Gasteiger partial charge in [-0.2, -0.15) is 0 Å². The van der Waals surface area contributed by atoms with E-state index in [1.807, 2.05) is 61.7 Å². The lowest BCUT2D eigenvalue weighted by Gasteiger charge is -2.14. The predicted octanol–water partition coefficient (Wildman–Crippen LogP) is 3.84. The third-order valence-corrected chi connectivity index (χ3v) is 5.27. The first kappa shape index (κ1) is 24.3. The van der Waals surface area contributed by atoms with E-state index in [1.54, 1.807) is 6.20 Å². The van der Waals surface area contributed by atoms with Crippen LogP contribution in [0.5, 0.6) is 0 Å². The van der Waals surface area contributed by atoms with Crippen LogP contribution in [0.4, 0.5) is 11.4 Å². The van der Waals surface area contributed by atoms with Crippen molar-refractivity contribution in [2.45, 2.75) is 46.2 Å². The van der Waals surface area contributed by atoms with Gasteiger partial charge in [-0.3, -0.25) is 4.79 Å². The number of fused-ring (bicyclic) bond motifs is 1. The van der Waals surface area contributed by atoms with Crippen LogP contribution in [0.25, 0.3) is 11.0 Å². The zero-order chi connectivity index (χ0) is 24.0. The summed E-state index contributed by atoms with van der Waals surface area (Å²) in [6, 6.07) is 11.3. The second-order valence-electron chi connectivity index (χ2n) is 8.58. The summed E-state index contributed by atoms with van der Waals surface area (Å²) in [7, 11) is 1.33. The lowest BCUT2D eigenvalue weighted by Crippen LogP contribution is -2.19. The van der Waals surface area contributed by atoms with Crippen LogP contribution in [-0.2, 0) is 22.5 Å². The summed E-state index contributed by atoms with van der Waals surface area (Å²) >= 11 is 0. The van der Waals surface area contributed by atoms with Crippen molar-refractivity contribution in [3.63, 3.8) is 0 Å². The van der Waals surface area contributed by atoms with E-state index in [2.05, 4.69) is 15.6 Å². The minimum Gasteiger partial charge on any atom is -0.464 e. The molecule has 33 heavy (non-hydrogen) atoms. The van der Waals surface area contributed by atoms with Crippen molar-refractivity contribution in [3.8, 4) is 0 Å². The third kappa shape index (κ3) is 5.90. The summed E-state index contributed by atoms with van der Waals surface area (Å²) in [6.07, 6.45) is 2.46. The maximum absolute atomic E-state index is 12.9. The van der Waals surface area contributed by atoms with Crippen LogP contribution in [-0.4, -0.2) is 46.3 Å². The number of anilines is 2.